The smallest absolute Gasteiger partial charge is 0.326 e. The molecule has 1 aromatic carbocycles. The van der Waals surface area contributed by atoms with E-state index in [0.29, 0.717) is 12.8 Å². The van der Waals surface area contributed by atoms with Crippen LogP contribution in [0, 0.1) is 10.1 Å². The van der Waals surface area contributed by atoms with Crippen LogP contribution in [0.15, 0.2) is 22.7 Å². The largest absolute Gasteiger partial charge is 0.480 e. The van der Waals surface area contributed by atoms with Gasteiger partial charge in [-0.25, -0.2) is 9.59 Å². The van der Waals surface area contributed by atoms with Gasteiger partial charge >= 0.3 is 12.0 Å². The van der Waals surface area contributed by atoms with Crippen LogP contribution in [0.5, 0.6) is 0 Å². The standard InChI is InChI=1S/C12H14BrN3O5/c1-2-3-9(11(17)18)15-12(19)14-7-4-5-8(13)10(6-7)16(20)21/h4-6,9H,2-3H2,1H3,(H,17,18)(H2,14,15,19). The van der Waals surface area contributed by atoms with Crippen LogP contribution in [0.2, 0.25) is 0 Å². The Morgan fingerprint density at radius 3 is 2.67 bits per heavy atom. The fourth-order valence-electron chi connectivity index (χ4n) is 1.60. The van der Waals surface area contributed by atoms with Crippen LogP contribution in [-0.4, -0.2) is 28.1 Å². The number of amides is 2. The summed E-state index contributed by atoms with van der Waals surface area (Å²) < 4.78 is 0.285. The first-order valence-corrected chi connectivity index (χ1v) is 6.88. The molecule has 2 amide bonds. The summed E-state index contributed by atoms with van der Waals surface area (Å²) in [6.45, 7) is 1.80. The predicted octanol–water partition coefficient (Wildman–Crippen LogP) is 2.73. The summed E-state index contributed by atoms with van der Waals surface area (Å²) in [6, 6.07) is 2.34. The molecule has 3 N–H and O–H groups in total. The fourth-order valence-corrected chi connectivity index (χ4v) is 1.99. The molecular weight excluding hydrogens is 346 g/mol. The highest BCUT2D eigenvalue weighted by Crippen LogP contribution is 2.27. The molecular formula is C12H14BrN3O5. The van der Waals surface area contributed by atoms with E-state index in [1.165, 1.54) is 18.2 Å². The van der Waals surface area contributed by atoms with Gasteiger partial charge in [-0.05, 0) is 34.5 Å². The number of urea groups is 1. The third-order valence-electron chi connectivity index (χ3n) is 2.58. The van der Waals surface area contributed by atoms with Gasteiger partial charge in [0, 0.05) is 11.8 Å². The highest BCUT2D eigenvalue weighted by molar-refractivity contribution is 9.10. The van der Waals surface area contributed by atoms with Crippen molar-refractivity contribution >= 4 is 39.3 Å². The van der Waals surface area contributed by atoms with Crippen molar-refractivity contribution in [1.29, 1.82) is 0 Å². The Labute approximate surface area is 128 Å². The predicted molar refractivity (Wildman–Crippen MR) is 79.3 cm³/mol. The zero-order valence-corrected chi connectivity index (χ0v) is 12.7. The molecule has 114 valence electrons. The van der Waals surface area contributed by atoms with Gasteiger partial charge in [-0.1, -0.05) is 13.3 Å². The first kappa shape index (κ1) is 16.9. The summed E-state index contributed by atoms with van der Waals surface area (Å²) in [5, 5.41) is 24.4. The average molecular weight is 360 g/mol. The number of nitrogens with one attached hydrogen (secondary N) is 2. The molecule has 0 aromatic heterocycles. The maximum absolute atomic E-state index is 11.7. The lowest BCUT2D eigenvalue weighted by Gasteiger charge is -2.14. The lowest BCUT2D eigenvalue weighted by molar-refractivity contribution is -0.385. The van der Waals surface area contributed by atoms with Crippen LogP contribution in [-0.2, 0) is 4.79 Å². The van der Waals surface area contributed by atoms with Crippen LogP contribution in [0.4, 0.5) is 16.2 Å². The van der Waals surface area contributed by atoms with Crippen LogP contribution < -0.4 is 10.6 Å². The molecule has 1 rings (SSSR count). The van der Waals surface area contributed by atoms with Crippen LogP contribution in [0.1, 0.15) is 19.8 Å². The zero-order chi connectivity index (χ0) is 16.0. The van der Waals surface area contributed by atoms with Crippen LogP contribution in [0.3, 0.4) is 0 Å². The molecule has 0 aliphatic rings. The number of benzene rings is 1. The van der Waals surface area contributed by atoms with E-state index < -0.39 is 23.0 Å². The van der Waals surface area contributed by atoms with Gasteiger partial charge in [-0.2, -0.15) is 0 Å². The van der Waals surface area contributed by atoms with E-state index in [0.717, 1.165) is 0 Å². The Morgan fingerprint density at radius 2 is 2.14 bits per heavy atom. The zero-order valence-electron chi connectivity index (χ0n) is 11.1. The quantitative estimate of drug-likeness (QED) is 0.532. The number of carbonyl (C=O) groups is 2. The van der Waals surface area contributed by atoms with Crippen molar-refractivity contribution < 1.29 is 19.6 Å². The van der Waals surface area contributed by atoms with Crippen molar-refractivity contribution in [3.05, 3.63) is 32.8 Å². The maximum atomic E-state index is 11.7. The van der Waals surface area contributed by atoms with Gasteiger partial charge in [0.05, 0.1) is 9.40 Å². The normalized spacial score (nSPS) is 11.5. The van der Waals surface area contributed by atoms with Gasteiger partial charge in [-0.3, -0.25) is 10.1 Å². The number of rotatable bonds is 6. The Kier molecular flexibility index (Phi) is 6.10. The maximum Gasteiger partial charge on any atom is 0.326 e. The summed E-state index contributed by atoms with van der Waals surface area (Å²) in [5.41, 5.74) is -0.000759. The molecule has 0 saturated carbocycles. The van der Waals surface area contributed by atoms with Crippen LogP contribution in [0.25, 0.3) is 0 Å². The van der Waals surface area contributed by atoms with Crippen molar-refractivity contribution in [3.63, 3.8) is 0 Å². The Hall–Kier alpha value is -2.16. The van der Waals surface area contributed by atoms with E-state index in [1.54, 1.807) is 6.92 Å². The van der Waals surface area contributed by atoms with Gasteiger partial charge in [0.25, 0.3) is 5.69 Å². The SMILES string of the molecule is CCCC(NC(=O)Nc1ccc(Br)c([N+](=O)[O-])c1)C(=O)O. The van der Waals surface area contributed by atoms with Gasteiger partial charge in [0.15, 0.2) is 0 Å². The molecule has 0 fully saturated rings. The topological polar surface area (TPSA) is 122 Å². The second-order valence-electron chi connectivity index (χ2n) is 4.20. The number of carboxylic acid groups (broad SMARTS) is 1. The van der Waals surface area contributed by atoms with E-state index in [1.807, 2.05) is 0 Å². The fraction of sp³-hybridized carbons (Fsp3) is 0.333. The number of nitrogens with zero attached hydrogens (tertiary/aromatic N) is 1. The van der Waals surface area contributed by atoms with Crippen molar-refractivity contribution in [2.75, 3.05) is 5.32 Å². The molecule has 1 unspecified atom stereocenters. The minimum Gasteiger partial charge on any atom is -0.480 e. The molecule has 0 radical (unpaired) electrons. The molecule has 0 saturated heterocycles. The third-order valence-corrected chi connectivity index (χ3v) is 3.25. The van der Waals surface area contributed by atoms with Crippen LogP contribution >= 0.6 is 15.9 Å². The molecule has 9 heteroatoms. The van der Waals surface area contributed by atoms with Crippen molar-refractivity contribution in [1.82, 2.24) is 5.32 Å². The van der Waals surface area contributed by atoms with Crippen molar-refractivity contribution in [2.24, 2.45) is 0 Å². The number of hydrogen-bond acceptors (Lipinski definition) is 4. The Balaban J connectivity index is 2.77. The summed E-state index contributed by atoms with van der Waals surface area (Å²) in [5.74, 6) is -1.13. The summed E-state index contributed by atoms with van der Waals surface area (Å²) in [4.78, 5) is 32.8. The van der Waals surface area contributed by atoms with Gasteiger partial charge in [0.2, 0.25) is 0 Å². The molecule has 8 nitrogen and oxygen atoms in total. The highest BCUT2D eigenvalue weighted by atomic mass is 79.9. The lowest BCUT2D eigenvalue weighted by atomic mass is 10.2. The first-order chi connectivity index (χ1) is 9.85. The van der Waals surface area contributed by atoms with Crippen molar-refractivity contribution in [3.8, 4) is 0 Å². The number of carbonyl (C=O) groups excluding carboxylic acids is 1. The third kappa shape index (κ3) is 5.03. The van der Waals surface area contributed by atoms with E-state index in [4.69, 9.17) is 5.11 Å². The number of nitro groups is 1. The average Bonchev–Trinajstić information content (AvgIpc) is 2.40. The first-order valence-electron chi connectivity index (χ1n) is 6.09. The number of aliphatic carboxylic acids is 1. The van der Waals surface area contributed by atoms with Gasteiger partial charge < -0.3 is 15.7 Å². The Morgan fingerprint density at radius 1 is 1.48 bits per heavy atom. The Bertz CT molecular complexity index is 564. The molecule has 1 atom stereocenters. The van der Waals surface area contributed by atoms with Crippen molar-refractivity contribution in [2.45, 2.75) is 25.8 Å². The molecule has 0 aliphatic heterocycles. The lowest BCUT2D eigenvalue weighted by Crippen LogP contribution is -2.42. The minimum absolute atomic E-state index is 0.197. The van der Waals surface area contributed by atoms with Gasteiger partial charge in [0.1, 0.15) is 6.04 Å². The minimum atomic E-state index is -1.13. The highest BCUT2D eigenvalue weighted by Gasteiger charge is 2.19. The number of nitro benzene ring substituents is 1. The van der Waals surface area contributed by atoms with E-state index in [2.05, 4.69) is 26.6 Å². The summed E-state index contributed by atoms with van der Waals surface area (Å²) in [7, 11) is 0. The number of hydrogen-bond donors (Lipinski definition) is 3. The van der Waals surface area contributed by atoms with E-state index in [-0.39, 0.29) is 15.8 Å². The monoisotopic (exact) mass is 359 g/mol. The van der Waals surface area contributed by atoms with Gasteiger partial charge in [-0.15, -0.1) is 0 Å². The number of carboxylic acids is 1. The molecule has 0 heterocycles. The number of halogens is 1. The molecule has 0 aliphatic carbocycles. The number of anilines is 1. The molecule has 21 heavy (non-hydrogen) atoms. The van der Waals surface area contributed by atoms with E-state index >= 15 is 0 Å². The second kappa shape index (κ2) is 7.58. The molecule has 0 spiro atoms. The summed E-state index contributed by atoms with van der Waals surface area (Å²) in [6.07, 6.45) is 0.893. The van der Waals surface area contributed by atoms with E-state index in [9.17, 15) is 19.7 Å². The second-order valence-corrected chi connectivity index (χ2v) is 5.06. The summed E-state index contributed by atoms with van der Waals surface area (Å²) >= 11 is 3.03. The molecule has 1 aromatic rings. The molecule has 0 bridgehead atoms.